The Morgan fingerprint density at radius 1 is 1.04 bits per heavy atom. The van der Waals surface area contributed by atoms with Crippen LogP contribution in [0.1, 0.15) is 53.9 Å². The van der Waals surface area contributed by atoms with Crippen LogP contribution in [0.2, 0.25) is 0 Å². The summed E-state index contributed by atoms with van der Waals surface area (Å²) >= 11 is 0. The van der Waals surface area contributed by atoms with Crippen molar-refractivity contribution in [3.8, 4) is 0 Å². The lowest BCUT2D eigenvalue weighted by Crippen LogP contribution is -2.20. The second-order valence-corrected chi connectivity index (χ2v) is 7.95. The number of carbonyl (C=O) groups is 1. The molecule has 2 aliphatic rings. The molecule has 0 aromatic rings. The smallest absolute Gasteiger partial charge is 0.190 e. The van der Waals surface area contributed by atoms with Crippen molar-refractivity contribution in [1.82, 2.24) is 0 Å². The van der Waals surface area contributed by atoms with Gasteiger partial charge in [-0.25, -0.2) is 0 Å². The largest absolute Gasteiger partial charge is 0.389 e. The topological polar surface area (TPSA) is 57.5 Å². The van der Waals surface area contributed by atoms with E-state index in [0.29, 0.717) is 23.8 Å². The van der Waals surface area contributed by atoms with Crippen LogP contribution in [0.5, 0.6) is 0 Å². The second-order valence-electron chi connectivity index (χ2n) is 7.95. The van der Waals surface area contributed by atoms with Gasteiger partial charge in [-0.3, -0.25) is 4.79 Å². The van der Waals surface area contributed by atoms with Crippen molar-refractivity contribution in [2.75, 3.05) is 0 Å². The molecule has 4 atom stereocenters. The first-order valence-electron chi connectivity index (χ1n) is 8.56. The highest BCUT2D eigenvalue weighted by Gasteiger charge is 2.55. The molecule has 0 amide bonds. The summed E-state index contributed by atoms with van der Waals surface area (Å²) in [6, 6.07) is 0. The lowest BCUT2D eigenvalue weighted by molar-refractivity contribution is -0.121. The Labute approximate surface area is 139 Å². The first-order valence-corrected chi connectivity index (χ1v) is 8.56. The van der Waals surface area contributed by atoms with Crippen LogP contribution in [0, 0.1) is 17.3 Å². The molecule has 0 bridgehead atoms. The minimum atomic E-state index is -1.12. The van der Waals surface area contributed by atoms with Crippen LogP contribution < -0.4 is 0 Å². The Morgan fingerprint density at radius 2 is 1.70 bits per heavy atom. The van der Waals surface area contributed by atoms with E-state index < -0.39 is 12.2 Å². The fourth-order valence-corrected chi connectivity index (χ4v) is 3.85. The number of Topliss-reactive ketones (excluding diaryl/α,β-unsaturated/α-hetero) is 1. The predicted octanol–water partition coefficient (Wildman–Crippen LogP) is 3.57. The van der Waals surface area contributed by atoms with Crippen molar-refractivity contribution >= 4 is 5.78 Å². The molecule has 2 rings (SSSR count). The molecular formula is C20H30O3. The summed E-state index contributed by atoms with van der Waals surface area (Å²) in [5.41, 5.74) is 2.89. The Hall–Kier alpha value is -1.19. The molecule has 0 spiro atoms. The highest BCUT2D eigenvalue weighted by Crippen LogP contribution is 2.61. The van der Waals surface area contributed by atoms with Gasteiger partial charge in [0.1, 0.15) is 6.10 Å². The van der Waals surface area contributed by atoms with Gasteiger partial charge in [-0.1, -0.05) is 37.1 Å². The molecule has 0 heterocycles. The molecule has 0 aliphatic heterocycles. The van der Waals surface area contributed by atoms with Crippen molar-refractivity contribution in [3.05, 3.63) is 34.9 Å². The van der Waals surface area contributed by atoms with Gasteiger partial charge in [-0.2, -0.15) is 0 Å². The maximum atomic E-state index is 12.3. The number of fused-ring (bicyclic) bond motifs is 1. The van der Waals surface area contributed by atoms with Gasteiger partial charge in [0.25, 0.3) is 0 Å². The van der Waals surface area contributed by atoms with Crippen molar-refractivity contribution in [1.29, 1.82) is 0 Å². The standard InChI is InChI=1S/C20H30O3/c1-12-6-7-16-17(20(16,4)5)11-14(3)19(23)18(22)10-13(2)9-15(21)8-12/h8,10-11,15-18,21-22H,6-7,9H2,1-5H3/b12-8-,13-10+,14-11+/t15-,16+,17-,18-/m0/s1. The first kappa shape index (κ1) is 18.2. The van der Waals surface area contributed by atoms with Gasteiger partial charge in [0.05, 0.1) is 6.10 Å². The van der Waals surface area contributed by atoms with Crippen molar-refractivity contribution < 1.29 is 15.0 Å². The normalized spacial score (nSPS) is 42.2. The van der Waals surface area contributed by atoms with E-state index >= 15 is 0 Å². The number of hydrogen-bond donors (Lipinski definition) is 2. The van der Waals surface area contributed by atoms with Gasteiger partial charge in [-0.05, 0) is 68.9 Å². The van der Waals surface area contributed by atoms with Gasteiger partial charge in [0, 0.05) is 0 Å². The second kappa shape index (κ2) is 6.74. The van der Waals surface area contributed by atoms with E-state index in [1.807, 2.05) is 13.0 Å². The number of ketones is 1. The molecule has 0 saturated heterocycles. The van der Waals surface area contributed by atoms with E-state index in [2.05, 4.69) is 26.8 Å². The average molecular weight is 318 g/mol. The zero-order chi connectivity index (χ0) is 17.4. The van der Waals surface area contributed by atoms with Crippen molar-refractivity contribution in [2.45, 2.75) is 66.1 Å². The number of rotatable bonds is 0. The molecule has 128 valence electrons. The zero-order valence-electron chi connectivity index (χ0n) is 15.0. The fraction of sp³-hybridized carbons (Fsp3) is 0.650. The lowest BCUT2D eigenvalue weighted by Gasteiger charge is -2.12. The third-order valence-electron chi connectivity index (χ3n) is 5.53. The third-order valence-corrected chi connectivity index (χ3v) is 5.53. The summed E-state index contributed by atoms with van der Waals surface area (Å²) in [5.74, 6) is 0.719. The summed E-state index contributed by atoms with van der Waals surface area (Å²) in [4.78, 5) is 12.3. The summed E-state index contributed by atoms with van der Waals surface area (Å²) in [7, 11) is 0. The minimum absolute atomic E-state index is 0.206. The molecule has 3 nitrogen and oxygen atoms in total. The van der Waals surface area contributed by atoms with Gasteiger partial charge in [0.2, 0.25) is 0 Å². The Morgan fingerprint density at radius 3 is 2.35 bits per heavy atom. The third kappa shape index (κ3) is 4.21. The summed E-state index contributed by atoms with van der Waals surface area (Å²) in [6.45, 7) is 10.2. The number of allylic oxidation sites excluding steroid dienone is 2. The number of carbonyl (C=O) groups excluding carboxylic acids is 1. The van der Waals surface area contributed by atoms with Crippen LogP contribution in [0.15, 0.2) is 34.9 Å². The van der Waals surface area contributed by atoms with E-state index in [9.17, 15) is 15.0 Å². The SMILES string of the molecule is C/C1=C/[C@H](O)C/C(C)=C/[C@H](O)C(=O)/C(C)=C/[C@H]2[C@@H](CC1)C2(C)C. The Bertz CT molecular complexity index is 565. The summed E-state index contributed by atoms with van der Waals surface area (Å²) in [5, 5.41) is 20.3. The van der Waals surface area contributed by atoms with Crippen LogP contribution >= 0.6 is 0 Å². The van der Waals surface area contributed by atoms with Gasteiger partial charge < -0.3 is 10.2 Å². The van der Waals surface area contributed by atoms with E-state index in [4.69, 9.17) is 0 Å². The molecule has 23 heavy (non-hydrogen) atoms. The molecule has 0 unspecified atom stereocenters. The molecule has 3 heteroatoms. The maximum absolute atomic E-state index is 12.3. The lowest BCUT2D eigenvalue weighted by atomic mass is 9.99. The molecule has 1 fully saturated rings. The van der Waals surface area contributed by atoms with Gasteiger partial charge >= 0.3 is 0 Å². The number of aliphatic hydroxyl groups excluding tert-OH is 2. The average Bonchev–Trinajstić information content (AvgIpc) is 2.94. The zero-order valence-corrected chi connectivity index (χ0v) is 15.0. The van der Waals surface area contributed by atoms with Gasteiger partial charge in [0.15, 0.2) is 5.78 Å². The fourth-order valence-electron chi connectivity index (χ4n) is 3.85. The van der Waals surface area contributed by atoms with Crippen molar-refractivity contribution in [2.24, 2.45) is 17.3 Å². The first-order chi connectivity index (χ1) is 10.6. The summed E-state index contributed by atoms with van der Waals surface area (Å²) < 4.78 is 0. The monoisotopic (exact) mass is 318 g/mol. The van der Waals surface area contributed by atoms with Gasteiger partial charge in [-0.15, -0.1) is 0 Å². The Kier molecular flexibility index (Phi) is 5.32. The maximum Gasteiger partial charge on any atom is 0.190 e. The van der Waals surface area contributed by atoms with Crippen LogP contribution in [0.25, 0.3) is 0 Å². The predicted molar refractivity (Wildman–Crippen MR) is 92.9 cm³/mol. The molecule has 0 aromatic carbocycles. The van der Waals surface area contributed by atoms with Crippen LogP contribution in [-0.2, 0) is 4.79 Å². The molecular weight excluding hydrogens is 288 g/mol. The molecule has 0 radical (unpaired) electrons. The molecule has 0 aromatic heterocycles. The molecule has 2 N–H and O–H groups in total. The Balaban J connectivity index is 2.30. The van der Waals surface area contributed by atoms with E-state index in [1.54, 1.807) is 13.0 Å². The number of hydrogen-bond acceptors (Lipinski definition) is 3. The van der Waals surface area contributed by atoms with E-state index in [1.165, 1.54) is 5.57 Å². The molecule has 1 saturated carbocycles. The van der Waals surface area contributed by atoms with Crippen LogP contribution in [-0.4, -0.2) is 28.2 Å². The van der Waals surface area contributed by atoms with Crippen LogP contribution in [0.4, 0.5) is 0 Å². The summed E-state index contributed by atoms with van der Waals surface area (Å²) in [6.07, 6.45) is 6.34. The highest BCUT2D eigenvalue weighted by molar-refractivity contribution is 5.99. The van der Waals surface area contributed by atoms with E-state index in [0.717, 1.165) is 18.4 Å². The van der Waals surface area contributed by atoms with E-state index in [-0.39, 0.29) is 11.2 Å². The minimum Gasteiger partial charge on any atom is -0.389 e. The highest BCUT2D eigenvalue weighted by atomic mass is 16.3. The van der Waals surface area contributed by atoms with Crippen LogP contribution in [0.3, 0.4) is 0 Å². The number of aliphatic hydroxyl groups is 2. The quantitative estimate of drug-likeness (QED) is 0.671. The molecule has 2 aliphatic carbocycles. The van der Waals surface area contributed by atoms with Crippen molar-refractivity contribution in [3.63, 3.8) is 0 Å².